The van der Waals surface area contributed by atoms with E-state index in [2.05, 4.69) is 10.2 Å². The number of nitrogens with zero attached hydrogens (tertiary/aromatic N) is 3. The number of halogens is 1. The quantitative estimate of drug-likeness (QED) is 0.490. The Morgan fingerprint density at radius 1 is 1.39 bits per heavy atom. The fourth-order valence-electron chi connectivity index (χ4n) is 1.25. The van der Waals surface area contributed by atoms with Crippen molar-refractivity contribution in [3.8, 4) is 0 Å². The highest BCUT2D eigenvalue weighted by Crippen LogP contribution is 2.16. The molecular weight excluding hydrogens is 270 g/mol. The first-order valence-electron chi connectivity index (χ1n) is 5.14. The van der Waals surface area contributed by atoms with Crippen molar-refractivity contribution in [2.24, 2.45) is 7.05 Å². The Morgan fingerprint density at radius 3 is 2.72 bits per heavy atom. The Balaban J connectivity index is 1.99. The highest BCUT2D eigenvalue weighted by molar-refractivity contribution is 8.02. The van der Waals surface area contributed by atoms with Gasteiger partial charge in [0.15, 0.2) is 10.9 Å². The molecule has 1 heterocycles. The van der Waals surface area contributed by atoms with Gasteiger partial charge in [-0.05, 0) is 35.7 Å². The van der Waals surface area contributed by atoms with Crippen molar-refractivity contribution in [3.63, 3.8) is 0 Å². The number of benzene rings is 1. The van der Waals surface area contributed by atoms with E-state index in [9.17, 15) is 4.79 Å². The van der Waals surface area contributed by atoms with E-state index >= 15 is 0 Å². The topological polar surface area (TPSA) is 47.8 Å². The standard InChI is InChI=1S/C12H10ClN3OS/c1-16-8-14-15-12(16)18-7-6-11(17)9-2-4-10(13)5-3-9/h2-8H,1H3/b7-6+. The molecule has 92 valence electrons. The first-order valence-corrected chi connectivity index (χ1v) is 6.39. The zero-order chi connectivity index (χ0) is 13.0. The molecule has 2 aromatic rings. The van der Waals surface area contributed by atoms with Crippen LogP contribution in [0.15, 0.2) is 47.2 Å². The molecule has 1 aromatic carbocycles. The van der Waals surface area contributed by atoms with E-state index in [0.29, 0.717) is 10.6 Å². The van der Waals surface area contributed by atoms with Gasteiger partial charge in [-0.3, -0.25) is 4.79 Å². The summed E-state index contributed by atoms with van der Waals surface area (Å²) in [7, 11) is 1.84. The minimum absolute atomic E-state index is 0.0682. The van der Waals surface area contributed by atoms with Crippen LogP contribution in [0.4, 0.5) is 0 Å². The molecule has 6 heteroatoms. The van der Waals surface area contributed by atoms with Crippen LogP contribution in [0.1, 0.15) is 10.4 Å². The first kappa shape index (κ1) is 12.9. The molecule has 0 aliphatic heterocycles. The number of allylic oxidation sites excluding steroid dienone is 1. The highest BCUT2D eigenvalue weighted by Gasteiger charge is 2.02. The molecule has 0 atom stereocenters. The summed E-state index contributed by atoms with van der Waals surface area (Å²) in [5.41, 5.74) is 0.606. The van der Waals surface area contributed by atoms with Crippen LogP contribution in [-0.4, -0.2) is 20.5 Å². The van der Waals surface area contributed by atoms with Crippen LogP contribution >= 0.6 is 23.4 Å². The zero-order valence-corrected chi connectivity index (χ0v) is 11.1. The summed E-state index contributed by atoms with van der Waals surface area (Å²) >= 11 is 7.10. The molecule has 0 bridgehead atoms. The maximum absolute atomic E-state index is 11.8. The van der Waals surface area contributed by atoms with E-state index in [1.807, 2.05) is 7.05 Å². The van der Waals surface area contributed by atoms with Gasteiger partial charge in [0.1, 0.15) is 6.33 Å². The molecule has 0 N–H and O–H groups in total. The number of hydrogen-bond acceptors (Lipinski definition) is 4. The van der Waals surface area contributed by atoms with E-state index in [4.69, 9.17) is 11.6 Å². The third-order valence-corrected chi connectivity index (χ3v) is 3.30. The predicted molar refractivity (Wildman–Crippen MR) is 71.8 cm³/mol. The van der Waals surface area contributed by atoms with Gasteiger partial charge < -0.3 is 4.57 Å². The number of ketones is 1. The second-order valence-corrected chi connectivity index (χ2v) is 4.83. The number of carbonyl (C=O) groups is 1. The number of rotatable bonds is 4. The molecule has 0 aliphatic carbocycles. The minimum Gasteiger partial charge on any atom is -0.312 e. The fourth-order valence-corrected chi connectivity index (χ4v) is 1.99. The molecule has 2 rings (SSSR count). The number of carbonyl (C=O) groups excluding carboxylic acids is 1. The second kappa shape index (κ2) is 5.84. The maximum Gasteiger partial charge on any atom is 0.194 e. The van der Waals surface area contributed by atoms with Gasteiger partial charge in [0.25, 0.3) is 0 Å². The third kappa shape index (κ3) is 3.21. The van der Waals surface area contributed by atoms with Crippen LogP contribution in [0.5, 0.6) is 0 Å². The van der Waals surface area contributed by atoms with E-state index in [1.165, 1.54) is 17.8 Å². The molecule has 0 amide bonds. The summed E-state index contributed by atoms with van der Waals surface area (Å²) in [4.78, 5) is 11.8. The van der Waals surface area contributed by atoms with Gasteiger partial charge in [0.2, 0.25) is 0 Å². The summed E-state index contributed by atoms with van der Waals surface area (Å²) in [5.74, 6) is -0.0682. The largest absolute Gasteiger partial charge is 0.312 e. The molecule has 0 aliphatic rings. The number of hydrogen-bond donors (Lipinski definition) is 0. The highest BCUT2D eigenvalue weighted by atomic mass is 35.5. The van der Waals surface area contributed by atoms with Crippen molar-refractivity contribution < 1.29 is 4.79 Å². The summed E-state index contributed by atoms with van der Waals surface area (Å²) in [6, 6.07) is 6.78. The molecule has 0 unspecified atom stereocenters. The van der Waals surface area contributed by atoms with Crippen LogP contribution < -0.4 is 0 Å². The van der Waals surface area contributed by atoms with Crippen molar-refractivity contribution in [2.45, 2.75) is 5.16 Å². The van der Waals surface area contributed by atoms with Crippen molar-refractivity contribution >= 4 is 29.1 Å². The Morgan fingerprint density at radius 2 is 2.11 bits per heavy atom. The summed E-state index contributed by atoms with van der Waals surface area (Å²) in [6.45, 7) is 0. The monoisotopic (exact) mass is 279 g/mol. The van der Waals surface area contributed by atoms with E-state index in [1.54, 1.807) is 40.6 Å². The molecule has 0 fully saturated rings. The lowest BCUT2D eigenvalue weighted by atomic mass is 10.1. The van der Waals surface area contributed by atoms with Gasteiger partial charge in [-0.1, -0.05) is 23.4 Å². The van der Waals surface area contributed by atoms with Crippen LogP contribution in [0.3, 0.4) is 0 Å². The molecule has 4 nitrogen and oxygen atoms in total. The second-order valence-electron chi connectivity index (χ2n) is 3.52. The van der Waals surface area contributed by atoms with Gasteiger partial charge in [0.05, 0.1) is 0 Å². The number of aromatic nitrogens is 3. The molecule has 1 aromatic heterocycles. The van der Waals surface area contributed by atoms with Gasteiger partial charge >= 0.3 is 0 Å². The molecule has 0 spiro atoms. The number of thioether (sulfide) groups is 1. The Bertz CT molecular complexity index is 577. The molecule has 0 radical (unpaired) electrons. The number of aryl methyl sites for hydroxylation is 1. The van der Waals surface area contributed by atoms with Crippen molar-refractivity contribution in [2.75, 3.05) is 0 Å². The van der Waals surface area contributed by atoms with E-state index in [-0.39, 0.29) is 5.78 Å². The Hall–Kier alpha value is -1.59. The Labute approximate surface area is 114 Å². The third-order valence-electron chi connectivity index (χ3n) is 2.19. The predicted octanol–water partition coefficient (Wildman–Crippen LogP) is 2.96. The van der Waals surface area contributed by atoms with Crippen molar-refractivity contribution in [1.29, 1.82) is 0 Å². The average molecular weight is 280 g/mol. The smallest absolute Gasteiger partial charge is 0.194 e. The van der Waals surface area contributed by atoms with Crippen LogP contribution in [0.25, 0.3) is 0 Å². The lowest BCUT2D eigenvalue weighted by Gasteiger charge is -1.96. The van der Waals surface area contributed by atoms with E-state index in [0.717, 1.165) is 5.16 Å². The van der Waals surface area contributed by atoms with Crippen molar-refractivity contribution in [3.05, 3.63) is 52.7 Å². The van der Waals surface area contributed by atoms with Gasteiger partial charge in [-0.2, -0.15) is 0 Å². The SMILES string of the molecule is Cn1cnnc1S/C=C/C(=O)c1ccc(Cl)cc1. The fraction of sp³-hybridized carbons (Fsp3) is 0.0833. The molecule has 0 saturated carbocycles. The summed E-state index contributed by atoms with van der Waals surface area (Å²) in [5, 5.41) is 10.7. The minimum atomic E-state index is -0.0682. The van der Waals surface area contributed by atoms with Gasteiger partial charge in [-0.25, -0.2) is 0 Å². The van der Waals surface area contributed by atoms with Gasteiger partial charge in [0, 0.05) is 17.6 Å². The van der Waals surface area contributed by atoms with Crippen LogP contribution in [0.2, 0.25) is 5.02 Å². The average Bonchev–Trinajstić information content (AvgIpc) is 2.76. The van der Waals surface area contributed by atoms with Gasteiger partial charge in [-0.15, -0.1) is 10.2 Å². The van der Waals surface area contributed by atoms with Crippen molar-refractivity contribution in [1.82, 2.24) is 14.8 Å². The maximum atomic E-state index is 11.8. The lowest BCUT2D eigenvalue weighted by molar-refractivity contribution is 0.104. The summed E-state index contributed by atoms with van der Waals surface area (Å²) < 4.78 is 1.78. The molecular formula is C12H10ClN3OS. The van der Waals surface area contributed by atoms with Crippen LogP contribution in [0, 0.1) is 0 Å². The molecule has 18 heavy (non-hydrogen) atoms. The normalized spacial score (nSPS) is 11.0. The van der Waals surface area contributed by atoms with Crippen LogP contribution in [-0.2, 0) is 7.05 Å². The lowest BCUT2D eigenvalue weighted by Crippen LogP contribution is -1.93. The summed E-state index contributed by atoms with van der Waals surface area (Å²) in [6.07, 6.45) is 3.11. The molecule has 0 saturated heterocycles. The zero-order valence-electron chi connectivity index (χ0n) is 9.58. The Kier molecular flexibility index (Phi) is 4.17. The van der Waals surface area contributed by atoms with E-state index < -0.39 is 0 Å². The first-order chi connectivity index (χ1) is 8.66.